The van der Waals surface area contributed by atoms with Crippen LogP contribution < -0.4 is 5.73 Å². The largest absolute Gasteiger partial charge is 0.399 e. The van der Waals surface area contributed by atoms with Gasteiger partial charge in [-0.3, -0.25) is 0 Å². The lowest BCUT2D eigenvalue weighted by Gasteiger charge is -2.08. The van der Waals surface area contributed by atoms with Crippen LogP contribution in [0.4, 0.5) is 0 Å². The van der Waals surface area contributed by atoms with Crippen LogP contribution in [0.3, 0.4) is 0 Å². The minimum absolute atomic E-state index is 0.599. The summed E-state index contributed by atoms with van der Waals surface area (Å²) >= 11 is 0. The average molecular weight is 231 g/mol. The van der Waals surface area contributed by atoms with Crippen molar-refractivity contribution in [3.63, 3.8) is 0 Å². The predicted octanol–water partition coefficient (Wildman–Crippen LogP) is 3.42. The second-order valence-corrected chi connectivity index (χ2v) is 4.34. The monoisotopic (exact) mass is 231 g/mol. The maximum Gasteiger partial charge on any atom is 0.0320 e. The van der Waals surface area contributed by atoms with Crippen LogP contribution in [0.2, 0.25) is 0 Å². The first-order valence-corrected chi connectivity index (χ1v) is 5.85. The number of benzene rings is 1. The van der Waals surface area contributed by atoms with Gasteiger partial charge in [0.1, 0.15) is 0 Å². The SMILES string of the molecule is C=C(C)CCc1ccc(C=P)c(C(=C)N)c1. The molecule has 0 atom stereocenters. The summed E-state index contributed by atoms with van der Waals surface area (Å²) in [6.45, 7) is 9.74. The van der Waals surface area contributed by atoms with E-state index in [9.17, 15) is 0 Å². The van der Waals surface area contributed by atoms with Gasteiger partial charge in [0.15, 0.2) is 0 Å². The smallest absolute Gasteiger partial charge is 0.0320 e. The summed E-state index contributed by atoms with van der Waals surface area (Å²) in [6.07, 6.45) is 2.00. The molecule has 2 N–H and O–H groups in total. The molecule has 1 aromatic rings. The Balaban J connectivity index is 2.97. The molecule has 0 spiro atoms. The van der Waals surface area contributed by atoms with Crippen molar-refractivity contribution in [3.05, 3.63) is 53.6 Å². The molecule has 16 heavy (non-hydrogen) atoms. The molecule has 0 radical (unpaired) electrons. The fourth-order valence-electron chi connectivity index (χ4n) is 1.52. The molecule has 1 rings (SSSR count). The van der Waals surface area contributed by atoms with E-state index in [4.69, 9.17) is 5.73 Å². The Morgan fingerprint density at radius 2 is 2.12 bits per heavy atom. The lowest BCUT2D eigenvalue weighted by atomic mass is 9.99. The van der Waals surface area contributed by atoms with Gasteiger partial charge in [-0.2, -0.15) is 0 Å². The zero-order valence-corrected chi connectivity index (χ0v) is 10.7. The van der Waals surface area contributed by atoms with Crippen LogP contribution in [-0.2, 0) is 6.42 Å². The van der Waals surface area contributed by atoms with Crippen molar-refractivity contribution in [2.45, 2.75) is 19.8 Å². The van der Waals surface area contributed by atoms with Crippen molar-refractivity contribution in [1.82, 2.24) is 0 Å². The summed E-state index contributed by atoms with van der Waals surface area (Å²) in [4.78, 5) is 0. The molecule has 0 amide bonds. The molecule has 0 saturated heterocycles. The van der Waals surface area contributed by atoms with E-state index in [0.717, 1.165) is 24.0 Å². The first kappa shape index (κ1) is 12.7. The van der Waals surface area contributed by atoms with Gasteiger partial charge in [-0.15, -0.1) is 15.4 Å². The first-order chi connectivity index (χ1) is 7.54. The Hall–Kier alpha value is -1.33. The molecule has 0 unspecified atom stereocenters. The summed E-state index contributed by atoms with van der Waals surface area (Å²) in [7, 11) is 3.38. The van der Waals surface area contributed by atoms with Crippen molar-refractivity contribution in [3.8, 4) is 0 Å². The van der Waals surface area contributed by atoms with Crippen LogP contribution in [0, 0.1) is 0 Å². The van der Waals surface area contributed by atoms with Crippen molar-refractivity contribution in [2.75, 3.05) is 0 Å². The first-order valence-electron chi connectivity index (χ1n) is 5.27. The highest BCUT2D eigenvalue weighted by Crippen LogP contribution is 2.17. The summed E-state index contributed by atoms with van der Waals surface area (Å²) in [5, 5.41) is 0. The number of hydrogen-bond acceptors (Lipinski definition) is 1. The van der Waals surface area contributed by atoms with E-state index in [0.29, 0.717) is 5.70 Å². The van der Waals surface area contributed by atoms with E-state index in [-0.39, 0.29) is 0 Å². The molecule has 0 aliphatic heterocycles. The highest BCUT2D eigenvalue weighted by atomic mass is 31.0. The van der Waals surface area contributed by atoms with Crippen molar-refractivity contribution in [1.29, 1.82) is 0 Å². The fourth-order valence-corrected chi connectivity index (χ4v) is 1.77. The van der Waals surface area contributed by atoms with Gasteiger partial charge in [-0.1, -0.05) is 24.3 Å². The molecule has 0 bridgehead atoms. The number of allylic oxidation sites excluding steroid dienone is 1. The molecule has 0 fully saturated rings. The lowest BCUT2D eigenvalue weighted by molar-refractivity contribution is 0.945. The van der Waals surface area contributed by atoms with Crippen LogP contribution in [0.5, 0.6) is 0 Å². The van der Waals surface area contributed by atoms with E-state index in [1.165, 1.54) is 11.1 Å². The molecule has 1 nitrogen and oxygen atoms in total. The molecular formula is C14H18NP. The lowest BCUT2D eigenvalue weighted by Crippen LogP contribution is -2.00. The van der Waals surface area contributed by atoms with Gasteiger partial charge in [-0.05, 0) is 42.8 Å². The van der Waals surface area contributed by atoms with Crippen molar-refractivity contribution < 1.29 is 0 Å². The van der Waals surface area contributed by atoms with E-state index < -0.39 is 0 Å². The summed E-state index contributed by atoms with van der Waals surface area (Å²) in [6, 6.07) is 6.26. The molecule has 0 aliphatic carbocycles. The van der Waals surface area contributed by atoms with E-state index in [1.54, 1.807) is 0 Å². The average Bonchev–Trinajstić information content (AvgIpc) is 2.25. The number of nitrogens with two attached hydrogens (primary N) is 1. The van der Waals surface area contributed by atoms with Crippen LogP contribution in [0.1, 0.15) is 30.0 Å². The van der Waals surface area contributed by atoms with Gasteiger partial charge in [-0.25, -0.2) is 0 Å². The quantitative estimate of drug-likeness (QED) is 0.610. The Morgan fingerprint density at radius 1 is 1.44 bits per heavy atom. The minimum atomic E-state index is 0.599. The second kappa shape index (κ2) is 5.67. The van der Waals surface area contributed by atoms with Gasteiger partial charge in [0.25, 0.3) is 0 Å². The molecule has 84 valence electrons. The normalized spacial score (nSPS) is 9.81. The Bertz CT molecular complexity index is 432. The van der Waals surface area contributed by atoms with Crippen LogP contribution in [-0.4, -0.2) is 5.80 Å². The summed E-state index contributed by atoms with van der Waals surface area (Å²) in [5.74, 6) is 1.86. The molecule has 0 aliphatic rings. The van der Waals surface area contributed by atoms with Gasteiger partial charge in [0.2, 0.25) is 0 Å². The minimum Gasteiger partial charge on any atom is -0.399 e. The van der Waals surface area contributed by atoms with Crippen molar-refractivity contribution in [2.24, 2.45) is 5.73 Å². The van der Waals surface area contributed by atoms with Gasteiger partial charge in [0, 0.05) is 11.3 Å². The predicted molar refractivity (Wildman–Crippen MR) is 76.3 cm³/mol. The maximum atomic E-state index is 5.76. The zero-order valence-electron chi connectivity index (χ0n) is 9.72. The molecule has 2 heteroatoms. The Labute approximate surface area is 99.9 Å². The van der Waals surface area contributed by atoms with E-state index >= 15 is 0 Å². The Kier molecular flexibility index (Phi) is 4.52. The van der Waals surface area contributed by atoms with E-state index in [1.807, 2.05) is 18.8 Å². The van der Waals surface area contributed by atoms with Crippen molar-refractivity contribution >= 4 is 20.4 Å². The maximum absolute atomic E-state index is 5.76. The van der Waals surface area contributed by atoms with Crippen LogP contribution in [0.15, 0.2) is 36.9 Å². The second-order valence-electron chi connectivity index (χ2n) is 4.05. The molecule has 0 saturated carbocycles. The molecule has 1 aromatic carbocycles. The number of aryl methyl sites for hydroxylation is 1. The highest BCUT2D eigenvalue weighted by molar-refractivity contribution is 7.19. The summed E-state index contributed by atoms with van der Waals surface area (Å²) in [5.41, 5.74) is 10.9. The Morgan fingerprint density at radius 3 is 2.62 bits per heavy atom. The van der Waals surface area contributed by atoms with Gasteiger partial charge < -0.3 is 5.73 Å². The van der Waals surface area contributed by atoms with Crippen LogP contribution in [0.25, 0.3) is 5.70 Å². The molecule has 0 aromatic heterocycles. The number of hydrogen-bond donors (Lipinski definition) is 1. The zero-order chi connectivity index (χ0) is 12.1. The third-order valence-corrected chi connectivity index (χ3v) is 2.77. The number of rotatable bonds is 5. The third-order valence-electron chi connectivity index (χ3n) is 2.46. The third kappa shape index (κ3) is 3.36. The van der Waals surface area contributed by atoms with Crippen LogP contribution >= 0.6 is 8.86 Å². The summed E-state index contributed by atoms with van der Waals surface area (Å²) < 4.78 is 0. The standard InChI is InChI=1S/C14H18NP/c1-10(2)4-5-12-6-7-13(9-16)14(8-12)11(3)15/h6-9,16H,1,3-5,15H2,2H3. The van der Waals surface area contributed by atoms with Gasteiger partial charge in [0.05, 0.1) is 0 Å². The molecular weight excluding hydrogens is 213 g/mol. The van der Waals surface area contributed by atoms with Gasteiger partial charge >= 0.3 is 0 Å². The van der Waals surface area contributed by atoms with E-state index in [2.05, 4.69) is 34.2 Å². The fraction of sp³-hybridized carbons (Fsp3) is 0.214. The molecule has 0 heterocycles. The highest BCUT2D eigenvalue weighted by Gasteiger charge is 2.03. The topological polar surface area (TPSA) is 26.0 Å².